The molecule has 0 amide bonds. The Bertz CT molecular complexity index is 445. The predicted molar refractivity (Wildman–Crippen MR) is 82.5 cm³/mol. The number of fused-ring (bicyclic) bond motifs is 1. The molecule has 0 spiro atoms. The maximum absolute atomic E-state index is 5.17. The molecule has 3 rings (SSSR count). The van der Waals surface area contributed by atoms with Crippen LogP contribution in [0.15, 0.2) is 0 Å². The standard InChI is InChI=1S/C16H28N4O/c1-21-12-6-10-19-9-5-7-14(13-19)16-18-17-15-8-3-2-4-11-20(15)16/h14H,2-13H2,1H3/t14-/m1/s1. The number of methoxy groups -OCH3 is 1. The monoisotopic (exact) mass is 292 g/mol. The highest BCUT2D eigenvalue weighted by Gasteiger charge is 2.26. The van der Waals surface area contributed by atoms with E-state index in [4.69, 9.17) is 4.74 Å². The molecule has 21 heavy (non-hydrogen) atoms. The van der Waals surface area contributed by atoms with E-state index in [2.05, 4.69) is 19.7 Å². The number of ether oxygens (including phenoxy) is 1. The van der Waals surface area contributed by atoms with E-state index in [0.717, 1.165) is 39.1 Å². The SMILES string of the molecule is COCCCN1CCC[C@@H](c2nnc3n2CCCCC3)C1. The minimum atomic E-state index is 0.570. The zero-order chi connectivity index (χ0) is 14.5. The van der Waals surface area contributed by atoms with E-state index < -0.39 is 0 Å². The van der Waals surface area contributed by atoms with Crippen LogP contribution in [0.3, 0.4) is 0 Å². The zero-order valence-corrected chi connectivity index (χ0v) is 13.3. The van der Waals surface area contributed by atoms with Crippen LogP contribution in [0.1, 0.15) is 56.1 Å². The Labute approximate surface area is 127 Å². The summed E-state index contributed by atoms with van der Waals surface area (Å²) < 4.78 is 7.59. The summed E-state index contributed by atoms with van der Waals surface area (Å²) >= 11 is 0. The lowest BCUT2D eigenvalue weighted by Gasteiger charge is -2.32. The number of likely N-dealkylation sites (tertiary alicyclic amines) is 1. The first-order valence-corrected chi connectivity index (χ1v) is 8.51. The first-order chi connectivity index (χ1) is 10.4. The summed E-state index contributed by atoms with van der Waals surface area (Å²) in [5.41, 5.74) is 0. The number of nitrogens with zero attached hydrogens (tertiary/aromatic N) is 4. The lowest BCUT2D eigenvalue weighted by atomic mass is 9.97. The third-order valence-electron chi connectivity index (χ3n) is 4.83. The molecule has 1 atom stereocenters. The summed E-state index contributed by atoms with van der Waals surface area (Å²) in [4.78, 5) is 2.57. The fraction of sp³-hybridized carbons (Fsp3) is 0.875. The van der Waals surface area contributed by atoms with Gasteiger partial charge in [-0.2, -0.15) is 0 Å². The van der Waals surface area contributed by atoms with Crippen LogP contribution in [0.4, 0.5) is 0 Å². The van der Waals surface area contributed by atoms with E-state index in [1.165, 1.54) is 50.3 Å². The molecule has 0 aliphatic carbocycles. The minimum absolute atomic E-state index is 0.570. The Morgan fingerprint density at radius 3 is 3.00 bits per heavy atom. The van der Waals surface area contributed by atoms with Crippen LogP contribution >= 0.6 is 0 Å². The second-order valence-electron chi connectivity index (χ2n) is 6.42. The molecule has 1 fully saturated rings. The van der Waals surface area contributed by atoms with Crippen molar-refractivity contribution in [2.45, 2.75) is 57.4 Å². The topological polar surface area (TPSA) is 43.2 Å². The summed E-state index contributed by atoms with van der Waals surface area (Å²) in [6, 6.07) is 0. The quantitative estimate of drug-likeness (QED) is 0.781. The van der Waals surface area contributed by atoms with Gasteiger partial charge in [0.1, 0.15) is 11.6 Å². The third-order valence-corrected chi connectivity index (χ3v) is 4.83. The van der Waals surface area contributed by atoms with Crippen molar-refractivity contribution in [2.75, 3.05) is 33.4 Å². The summed E-state index contributed by atoms with van der Waals surface area (Å²) in [5, 5.41) is 9.02. The lowest BCUT2D eigenvalue weighted by Crippen LogP contribution is -2.36. The minimum Gasteiger partial charge on any atom is -0.385 e. The normalized spacial score (nSPS) is 23.8. The number of hydrogen-bond acceptors (Lipinski definition) is 4. The van der Waals surface area contributed by atoms with E-state index in [-0.39, 0.29) is 0 Å². The number of rotatable bonds is 5. The second kappa shape index (κ2) is 7.36. The van der Waals surface area contributed by atoms with Crippen LogP contribution in [0.25, 0.3) is 0 Å². The molecule has 1 saturated heterocycles. The van der Waals surface area contributed by atoms with Crippen molar-refractivity contribution in [2.24, 2.45) is 0 Å². The molecule has 5 heteroatoms. The van der Waals surface area contributed by atoms with Gasteiger partial charge in [-0.25, -0.2) is 0 Å². The Hall–Kier alpha value is -0.940. The smallest absolute Gasteiger partial charge is 0.137 e. The molecule has 1 aromatic rings. The van der Waals surface area contributed by atoms with Gasteiger partial charge in [0, 0.05) is 45.7 Å². The van der Waals surface area contributed by atoms with Crippen LogP contribution in [-0.2, 0) is 17.7 Å². The van der Waals surface area contributed by atoms with E-state index in [9.17, 15) is 0 Å². The average molecular weight is 292 g/mol. The second-order valence-corrected chi connectivity index (χ2v) is 6.42. The molecule has 5 nitrogen and oxygen atoms in total. The van der Waals surface area contributed by atoms with Crippen molar-refractivity contribution >= 4 is 0 Å². The first kappa shape index (κ1) is 15.0. The number of hydrogen-bond donors (Lipinski definition) is 0. The van der Waals surface area contributed by atoms with Crippen molar-refractivity contribution in [3.05, 3.63) is 11.6 Å². The van der Waals surface area contributed by atoms with Crippen LogP contribution in [0.2, 0.25) is 0 Å². The third kappa shape index (κ3) is 3.64. The van der Waals surface area contributed by atoms with Crippen molar-refractivity contribution in [3.63, 3.8) is 0 Å². The molecule has 0 unspecified atom stereocenters. The molecule has 3 heterocycles. The highest BCUT2D eigenvalue weighted by Crippen LogP contribution is 2.27. The summed E-state index contributed by atoms with van der Waals surface area (Å²) in [6.07, 6.45) is 8.65. The van der Waals surface area contributed by atoms with E-state index >= 15 is 0 Å². The van der Waals surface area contributed by atoms with Gasteiger partial charge in [0.05, 0.1) is 0 Å². The highest BCUT2D eigenvalue weighted by atomic mass is 16.5. The molecule has 118 valence electrons. The van der Waals surface area contributed by atoms with Gasteiger partial charge in [-0.1, -0.05) is 6.42 Å². The van der Waals surface area contributed by atoms with Crippen LogP contribution in [0, 0.1) is 0 Å². The molecule has 1 aromatic heterocycles. The number of piperidine rings is 1. The first-order valence-electron chi connectivity index (χ1n) is 8.51. The fourth-order valence-electron chi connectivity index (χ4n) is 3.71. The summed E-state index contributed by atoms with van der Waals surface area (Å²) in [7, 11) is 1.78. The maximum atomic E-state index is 5.17. The van der Waals surface area contributed by atoms with E-state index in [1.54, 1.807) is 7.11 Å². The summed E-state index contributed by atoms with van der Waals surface area (Å²) in [6.45, 7) is 5.49. The van der Waals surface area contributed by atoms with Gasteiger partial charge in [-0.05, 0) is 38.6 Å². The van der Waals surface area contributed by atoms with Crippen molar-refractivity contribution < 1.29 is 4.74 Å². The van der Waals surface area contributed by atoms with E-state index in [0.29, 0.717) is 5.92 Å². The van der Waals surface area contributed by atoms with Crippen LogP contribution in [-0.4, -0.2) is 53.0 Å². The van der Waals surface area contributed by atoms with Crippen molar-refractivity contribution in [1.29, 1.82) is 0 Å². The van der Waals surface area contributed by atoms with Crippen molar-refractivity contribution in [3.8, 4) is 0 Å². The van der Waals surface area contributed by atoms with Crippen molar-refractivity contribution in [1.82, 2.24) is 19.7 Å². The van der Waals surface area contributed by atoms with Gasteiger partial charge in [-0.15, -0.1) is 10.2 Å². The molecule has 0 radical (unpaired) electrons. The van der Waals surface area contributed by atoms with Gasteiger partial charge < -0.3 is 14.2 Å². The molecule has 0 N–H and O–H groups in total. The lowest BCUT2D eigenvalue weighted by molar-refractivity contribution is 0.153. The van der Waals surface area contributed by atoms with Crippen LogP contribution in [0.5, 0.6) is 0 Å². The maximum Gasteiger partial charge on any atom is 0.137 e. The molecule has 0 aromatic carbocycles. The molecule has 0 saturated carbocycles. The van der Waals surface area contributed by atoms with Gasteiger partial charge in [0.2, 0.25) is 0 Å². The van der Waals surface area contributed by atoms with Crippen LogP contribution < -0.4 is 0 Å². The average Bonchev–Trinajstić information content (AvgIpc) is 2.77. The largest absolute Gasteiger partial charge is 0.385 e. The fourth-order valence-corrected chi connectivity index (χ4v) is 3.71. The van der Waals surface area contributed by atoms with Gasteiger partial charge in [0.15, 0.2) is 0 Å². The molecule has 2 aliphatic rings. The predicted octanol–water partition coefficient (Wildman–Crippen LogP) is 2.22. The zero-order valence-electron chi connectivity index (χ0n) is 13.3. The Balaban J connectivity index is 1.64. The Morgan fingerprint density at radius 2 is 2.10 bits per heavy atom. The number of aromatic nitrogens is 3. The summed E-state index contributed by atoms with van der Waals surface area (Å²) in [5.74, 6) is 3.04. The van der Waals surface area contributed by atoms with Gasteiger partial charge in [-0.3, -0.25) is 0 Å². The highest BCUT2D eigenvalue weighted by molar-refractivity contribution is 5.05. The number of aryl methyl sites for hydroxylation is 1. The Kier molecular flexibility index (Phi) is 5.25. The van der Waals surface area contributed by atoms with Gasteiger partial charge in [0.25, 0.3) is 0 Å². The van der Waals surface area contributed by atoms with E-state index in [1.807, 2.05) is 0 Å². The Morgan fingerprint density at radius 1 is 1.14 bits per heavy atom. The molecular weight excluding hydrogens is 264 g/mol. The van der Waals surface area contributed by atoms with Gasteiger partial charge >= 0.3 is 0 Å². The molecule has 0 bridgehead atoms. The molecule has 2 aliphatic heterocycles. The molecular formula is C16H28N4O.